The first-order valence-electron chi connectivity index (χ1n) is 20.2. The highest BCUT2D eigenvalue weighted by Gasteiger charge is 2.30. The first-order valence-corrected chi connectivity index (χ1v) is 20.2. The highest BCUT2D eigenvalue weighted by Crippen LogP contribution is 2.48. The molecule has 276 valence electrons. The van der Waals surface area contributed by atoms with Gasteiger partial charge in [0.15, 0.2) is 0 Å². The minimum Gasteiger partial charge on any atom is -0.456 e. The van der Waals surface area contributed by atoms with E-state index in [-0.39, 0.29) is 11.8 Å². The van der Waals surface area contributed by atoms with Crippen molar-refractivity contribution in [3.8, 4) is 22.3 Å². The van der Waals surface area contributed by atoms with Gasteiger partial charge in [0, 0.05) is 33.5 Å². The fourth-order valence-corrected chi connectivity index (χ4v) is 9.44. The number of para-hydroxylation sites is 1. The molecule has 1 amide bonds. The molecule has 0 fully saturated rings. The number of hydrogen-bond acceptors (Lipinski definition) is 2. The van der Waals surface area contributed by atoms with E-state index in [1.54, 1.807) is 0 Å². The first kappa shape index (κ1) is 34.1. The third kappa shape index (κ3) is 5.78. The third-order valence-electron chi connectivity index (χ3n) is 12.2. The summed E-state index contributed by atoms with van der Waals surface area (Å²) in [6.45, 7) is 0. The van der Waals surface area contributed by atoms with Gasteiger partial charge in [0.2, 0.25) is 0 Å². The average molecular weight is 746 g/mol. The van der Waals surface area contributed by atoms with E-state index >= 15 is 0 Å². The van der Waals surface area contributed by atoms with Crippen LogP contribution in [-0.2, 0) is 6.42 Å². The lowest BCUT2D eigenvalue weighted by Gasteiger charge is -2.24. The van der Waals surface area contributed by atoms with Crippen LogP contribution in [0.5, 0.6) is 0 Å². The molecule has 0 bridgehead atoms. The maximum atomic E-state index is 13.8. The van der Waals surface area contributed by atoms with E-state index in [2.05, 4.69) is 151 Å². The molecule has 0 aliphatic heterocycles. The zero-order chi connectivity index (χ0) is 38.6. The van der Waals surface area contributed by atoms with Gasteiger partial charge in [-0.1, -0.05) is 157 Å². The third-order valence-corrected chi connectivity index (χ3v) is 12.2. The van der Waals surface area contributed by atoms with Gasteiger partial charge in [0.1, 0.15) is 11.2 Å². The molecule has 1 unspecified atom stereocenters. The predicted octanol–water partition coefficient (Wildman–Crippen LogP) is 14.2. The van der Waals surface area contributed by atoms with Gasteiger partial charge < -0.3 is 9.73 Å². The molecule has 1 heterocycles. The number of benzene rings is 8. The summed E-state index contributed by atoms with van der Waals surface area (Å²) in [6.07, 6.45) is 7.81. The molecule has 2 aliphatic carbocycles. The van der Waals surface area contributed by atoms with Crippen molar-refractivity contribution in [1.29, 1.82) is 0 Å². The summed E-state index contributed by atoms with van der Waals surface area (Å²) in [4.78, 5) is 13.8. The normalized spacial score (nSPS) is 13.9. The second-order valence-corrected chi connectivity index (χ2v) is 15.5. The van der Waals surface area contributed by atoms with E-state index in [9.17, 15) is 4.79 Å². The molecule has 3 nitrogen and oxygen atoms in total. The maximum Gasteiger partial charge on any atom is 0.255 e. The molecule has 0 spiro atoms. The van der Waals surface area contributed by atoms with Crippen molar-refractivity contribution < 1.29 is 9.21 Å². The van der Waals surface area contributed by atoms with Crippen LogP contribution in [0.15, 0.2) is 198 Å². The topological polar surface area (TPSA) is 42.2 Å². The molecule has 58 heavy (non-hydrogen) atoms. The molecule has 8 aromatic carbocycles. The van der Waals surface area contributed by atoms with Gasteiger partial charge in [0.25, 0.3) is 5.91 Å². The Morgan fingerprint density at radius 2 is 1.33 bits per heavy atom. The van der Waals surface area contributed by atoms with Crippen LogP contribution in [0.25, 0.3) is 60.5 Å². The Labute approximate surface area is 337 Å². The minimum atomic E-state index is -0.148. The Morgan fingerprint density at radius 1 is 0.586 bits per heavy atom. The monoisotopic (exact) mass is 745 g/mol. The van der Waals surface area contributed by atoms with Gasteiger partial charge in [-0.15, -0.1) is 0 Å². The summed E-state index contributed by atoms with van der Waals surface area (Å²) in [5, 5.41) is 7.68. The Bertz CT molecular complexity index is 3110. The predicted molar refractivity (Wildman–Crippen MR) is 239 cm³/mol. The number of amides is 1. The lowest BCUT2D eigenvalue weighted by Crippen LogP contribution is -2.12. The van der Waals surface area contributed by atoms with Crippen LogP contribution in [-0.4, -0.2) is 5.91 Å². The van der Waals surface area contributed by atoms with Gasteiger partial charge in [-0.2, -0.15) is 0 Å². The Kier molecular flexibility index (Phi) is 8.25. The molecule has 11 rings (SSSR count). The summed E-state index contributed by atoms with van der Waals surface area (Å²) in [6, 6.07) is 61.5. The molecule has 0 radical (unpaired) electrons. The summed E-state index contributed by atoms with van der Waals surface area (Å²) >= 11 is 0. The molecule has 3 heteroatoms. The largest absolute Gasteiger partial charge is 0.456 e. The summed E-state index contributed by atoms with van der Waals surface area (Å²) in [5.41, 5.74) is 16.7. The van der Waals surface area contributed by atoms with Crippen LogP contribution in [0.1, 0.15) is 56.9 Å². The first-order chi connectivity index (χ1) is 28.7. The van der Waals surface area contributed by atoms with Crippen molar-refractivity contribution in [3.63, 3.8) is 0 Å². The van der Waals surface area contributed by atoms with E-state index in [0.29, 0.717) is 5.56 Å². The number of carbonyl (C=O) groups is 1. The molecule has 0 saturated heterocycles. The van der Waals surface area contributed by atoms with Gasteiger partial charge in [-0.05, 0) is 117 Å². The second kappa shape index (κ2) is 14.1. The number of carbonyl (C=O) groups excluding carboxylic acids is 1. The van der Waals surface area contributed by atoms with E-state index in [0.717, 1.165) is 74.4 Å². The van der Waals surface area contributed by atoms with Gasteiger partial charge >= 0.3 is 0 Å². The van der Waals surface area contributed by atoms with Gasteiger partial charge in [0.05, 0.1) is 0 Å². The number of rotatable bonds is 7. The van der Waals surface area contributed by atoms with Crippen molar-refractivity contribution in [2.75, 3.05) is 5.32 Å². The van der Waals surface area contributed by atoms with Gasteiger partial charge in [-0.25, -0.2) is 0 Å². The minimum absolute atomic E-state index is 0.0933. The van der Waals surface area contributed by atoms with Crippen LogP contribution in [0, 0.1) is 0 Å². The van der Waals surface area contributed by atoms with Crippen molar-refractivity contribution in [2.24, 2.45) is 0 Å². The molecular weight excluding hydrogens is 707 g/mol. The highest BCUT2D eigenvalue weighted by atomic mass is 16.3. The standard InChI is InChI=1S/C55H39NO2/c57-55(39-17-5-2-6-18-39)56-49-25-12-11-22-45(49)48-33-41(34-51-54(48)53-43-21-10-7-16-37(43)30-31-50(53)58-51)52(38-28-26-36(27-29-38)35-14-3-1-4-15-35)46-24-13-23-44-42-20-9-8-19-40(42)32-47(44)46/h1-7,9-18,20-31,33-34,52H,8,19,32H2,(H,56,57). The van der Waals surface area contributed by atoms with Gasteiger partial charge in [-0.3, -0.25) is 4.79 Å². The molecule has 1 N–H and O–H groups in total. The summed E-state index contributed by atoms with van der Waals surface area (Å²) < 4.78 is 6.92. The SMILES string of the molecule is O=C(Nc1ccccc1-c1cc(C(c2ccc(-c3ccccc3)cc2)c2cccc3c2CC2=C3C=CCC2)cc2oc3ccc4ccccc4c3c12)c1ccccc1. The molecule has 1 aromatic heterocycles. The fourth-order valence-electron chi connectivity index (χ4n) is 9.44. The van der Waals surface area contributed by atoms with Crippen molar-refractivity contribution in [2.45, 2.75) is 25.2 Å². The molecule has 0 saturated carbocycles. The molecular formula is C55H39NO2. The van der Waals surface area contributed by atoms with Crippen LogP contribution in [0.3, 0.4) is 0 Å². The summed E-state index contributed by atoms with van der Waals surface area (Å²) in [5.74, 6) is -0.242. The van der Waals surface area contributed by atoms with Crippen LogP contribution in [0.4, 0.5) is 5.69 Å². The van der Waals surface area contributed by atoms with E-state index in [4.69, 9.17) is 4.42 Å². The zero-order valence-corrected chi connectivity index (χ0v) is 31.9. The summed E-state index contributed by atoms with van der Waals surface area (Å²) in [7, 11) is 0. The quantitative estimate of drug-likeness (QED) is 0.165. The van der Waals surface area contributed by atoms with Crippen molar-refractivity contribution >= 4 is 49.9 Å². The Morgan fingerprint density at radius 3 is 2.19 bits per heavy atom. The highest BCUT2D eigenvalue weighted by molar-refractivity contribution is 6.23. The Hall–Kier alpha value is -7.23. The number of furan rings is 1. The van der Waals surface area contributed by atoms with E-state index in [1.165, 1.54) is 44.5 Å². The fraction of sp³-hybridized carbons (Fsp3) is 0.0727. The van der Waals surface area contributed by atoms with Crippen molar-refractivity contribution in [3.05, 3.63) is 227 Å². The van der Waals surface area contributed by atoms with Crippen molar-refractivity contribution in [1.82, 2.24) is 0 Å². The number of hydrogen-bond donors (Lipinski definition) is 1. The molecule has 2 aliphatic rings. The Balaban J connectivity index is 1.17. The lowest BCUT2D eigenvalue weighted by atomic mass is 9.79. The molecule has 1 atom stereocenters. The van der Waals surface area contributed by atoms with Crippen LogP contribution < -0.4 is 5.32 Å². The maximum absolute atomic E-state index is 13.8. The number of allylic oxidation sites excluding steroid dienone is 4. The van der Waals surface area contributed by atoms with E-state index < -0.39 is 0 Å². The van der Waals surface area contributed by atoms with E-state index in [1.807, 2.05) is 42.5 Å². The molecule has 9 aromatic rings. The lowest BCUT2D eigenvalue weighted by molar-refractivity contribution is 0.102. The van der Waals surface area contributed by atoms with Crippen LogP contribution in [0.2, 0.25) is 0 Å². The number of nitrogens with one attached hydrogen (secondary N) is 1. The number of fused-ring (bicyclic) bond motifs is 7. The zero-order valence-electron chi connectivity index (χ0n) is 31.9. The smallest absolute Gasteiger partial charge is 0.255 e. The van der Waals surface area contributed by atoms with Crippen LogP contribution >= 0.6 is 0 Å². The number of anilines is 1. The average Bonchev–Trinajstić information content (AvgIpc) is 3.87. The second-order valence-electron chi connectivity index (χ2n) is 15.5.